The number of hydrogen-bond donors (Lipinski definition) is 2. The molecule has 0 bridgehead atoms. The minimum atomic E-state index is -0.0849. The topological polar surface area (TPSA) is 61.7 Å². The van der Waals surface area contributed by atoms with E-state index in [0.717, 1.165) is 19.3 Å². The number of amides is 1. The van der Waals surface area contributed by atoms with Gasteiger partial charge in [-0.3, -0.25) is 4.79 Å². The fraction of sp³-hybridized carbons (Fsp3) is 0.444. The van der Waals surface area contributed by atoms with E-state index in [0.29, 0.717) is 12.0 Å². The van der Waals surface area contributed by atoms with E-state index in [1.807, 2.05) is 6.08 Å². The van der Waals surface area contributed by atoms with Gasteiger partial charge in [0.1, 0.15) is 5.75 Å². The number of carbonyl (C=O) groups excluding carboxylic acids is 1. The molecule has 1 amide bonds. The van der Waals surface area contributed by atoms with Crippen LogP contribution < -0.4 is 5.43 Å². The maximum absolute atomic E-state index is 11.6. The van der Waals surface area contributed by atoms with Gasteiger partial charge in [-0.1, -0.05) is 43.9 Å². The van der Waals surface area contributed by atoms with Crippen LogP contribution in [0.4, 0.5) is 0 Å². The Morgan fingerprint density at radius 1 is 1.14 bits per heavy atom. The minimum absolute atomic E-state index is 0.0849. The van der Waals surface area contributed by atoms with E-state index in [1.165, 1.54) is 31.9 Å². The van der Waals surface area contributed by atoms with Gasteiger partial charge >= 0.3 is 0 Å². The molecule has 4 heteroatoms. The van der Waals surface area contributed by atoms with Gasteiger partial charge in [-0.2, -0.15) is 5.10 Å². The van der Waals surface area contributed by atoms with E-state index in [-0.39, 0.29) is 11.7 Å². The minimum Gasteiger partial charge on any atom is -0.507 e. The third kappa shape index (κ3) is 8.25. The molecule has 0 atom stereocenters. The number of phenolic OH excluding ortho intramolecular Hbond substituents is 1. The molecule has 0 aliphatic carbocycles. The molecule has 1 aromatic rings. The first-order valence-corrected chi connectivity index (χ1v) is 7.95. The third-order valence-corrected chi connectivity index (χ3v) is 3.39. The Balaban J connectivity index is 2.06. The van der Waals surface area contributed by atoms with Gasteiger partial charge in [0.15, 0.2) is 0 Å². The second kappa shape index (κ2) is 11.5. The summed E-state index contributed by atoms with van der Waals surface area (Å²) in [4.78, 5) is 11.6. The van der Waals surface area contributed by atoms with Crippen LogP contribution in [0.1, 0.15) is 56.9 Å². The second-order valence-corrected chi connectivity index (χ2v) is 5.30. The molecule has 0 aliphatic heterocycles. The summed E-state index contributed by atoms with van der Waals surface area (Å²) in [6.07, 6.45) is 11.8. The second-order valence-electron chi connectivity index (χ2n) is 5.30. The molecule has 0 saturated heterocycles. The number of nitrogens with one attached hydrogen (secondary N) is 1. The van der Waals surface area contributed by atoms with Crippen molar-refractivity contribution in [2.45, 2.75) is 51.4 Å². The van der Waals surface area contributed by atoms with E-state index in [2.05, 4.69) is 17.1 Å². The molecule has 0 spiro atoms. The zero-order valence-corrected chi connectivity index (χ0v) is 13.1. The highest BCUT2D eigenvalue weighted by atomic mass is 16.3. The first-order chi connectivity index (χ1) is 10.7. The van der Waals surface area contributed by atoms with Crippen molar-refractivity contribution in [2.75, 3.05) is 0 Å². The summed E-state index contributed by atoms with van der Waals surface area (Å²) in [5.41, 5.74) is 3.07. The number of unbranched alkanes of at least 4 members (excludes halogenated alkanes) is 6. The van der Waals surface area contributed by atoms with Gasteiger partial charge in [0, 0.05) is 12.0 Å². The monoisotopic (exact) mass is 302 g/mol. The number of para-hydroxylation sites is 1. The van der Waals surface area contributed by atoms with Crippen molar-refractivity contribution in [1.82, 2.24) is 5.43 Å². The van der Waals surface area contributed by atoms with E-state index < -0.39 is 0 Å². The molecule has 4 nitrogen and oxygen atoms in total. The number of aromatic hydroxyl groups is 1. The van der Waals surface area contributed by atoms with Gasteiger partial charge in [-0.05, 0) is 31.4 Å². The third-order valence-electron chi connectivity index (χ3n) is 3.39. The zero-order valence-electron chi connectivity index (χ0n) is 13.1. The van der Waals surface area contributed by atoms with Crippen molar-refractivity contribution in [2.24, 2.45) is 5.10 Å². The quantitative estimate of drug-likeness (QED) is 0.279. The number of carbonyl (C=O) groups is 1. The molecule has 2 N–H and O–H groups in total. The summed E-state index contributed by atoms with van der Waals surface area (Å²) in [5.74, 6) is 0.0651. The Morgan fingerprint density at radius 2 is 1.82 bits per heavy atom. The Bertz CT molecular complexity index is 484. The molecule has 0 radical (unpaired) electrons. The summed E-state index contributed by atoms with van der Waals surface area (Å²) in [5, 5.41) is 13.4. The summed E-state index contributed by atoms with van der Waals surface area (Å²) in [7, 11) is 0. The molecule has 0 heterocycles. The van der Waals surface area contributed by atoms with Gasteiger partial charge in [0.05, 0.1) is 6.21 Å². The first kappa shape index (κ1) is 18.0. The van der Waals surface area contributed by atoms with Crippen LogP contribution in [0.5, 0.6) is 5.75 Å². The molecule has 0 saturated carbocycles. The normalized spacial score (nSPS) is 10.7. The van der Waals surface area contributed by atoms with Gasteiger partial charge < -0.3 is 5.11 Å². The van der Waals surface area contributed by atoms with Crippen molar-refractivity contribution in [3.8, 4) is 5.75 Å². The van der Waals surface area contributed by atoms with Crippen molar-refractivity contribution in [3.63, 3.8) is 0 Å². The molecule has 120 valence electrons. The smallest absolute Gasteiger partial charge is 0.240 e. The maximum Gasteiger partial charge on any atom is 0.240 e. The Morgan fingerprint density at radius 3 is 2.55 bits per heavy atom. The van der Waals surface area contributed by atoms with Crippen LogP contribution in [0.25, 0.3) is 0 Å². The summed E-state index contributed by atoms with van der Waals surface area (Å²) in [6, 6.07) is 6.86. The van der Waals surface area contributed by atoms with Gasteiger partial charge in [-0.25, -0.2) is 5.43 Å². The van der Waals surface area contributed by atoms with Crippen LogP contribution in [0.3, 0.4) is 0 Å². The summed E-state index contributed by atoms with van der Waals surface area (Å²) in [6.45, 7) is 3.71. The van der Waals surface area contributed by atoms with Crippen LogP contribution in [-0.2, 0) is 4.79 Å². The molecule has 0 aliphatic rings. The number of hydrazone groups is 1. The molecule has 0 unspecified atom stereocenters. The fourth-order valence-electron chi connectivity index (χ4n) is 2.11. The Hall–Kier alpha value is -2.10. The van der Waals surface area contributed by atoms with Crippen molar-refractivity contribution in [1.29, 1.82) is 0 Å². The lowest BCUT2D eigenvalue weighted by atomic mass is 10.1. The van der Waals surface area contributed by atoms with Crippen LogP contribution in [0.2, 0.25) is 0 Å². The van der Waals surface area contributed by atoms with E-state index in [1.54, 1.807) is 24.3 Å². The van der Waals surface area contributed by atoms with E-state index in [9.17, 15) is 9.90 Å². The first-order valence-electron chi connectivity index (χ1n) is 7.95. The van der Waals surface area contributed by atoms with Gasteiger partial charge in [0.2, 0.25) is 5.91 Å². The molecule has 1 aromatic carbocycles. The van der Waals surface area contributed by atoms with Crippen LogP contribution in [0, 0.1) is 0 Å². The fourth-order valence-corrected chi connectivity index (χ4v) is 2.11. The number of hydrogen-bond acceptors (Lipinski definition) is 3. The largest absolute Gasteiger partial charge is 0.507 e. The molecule has 0 aromatic heterocycles. The van der Waals surface area contributed by atoms with Gasteiger partial charge in [-0.15, -0.1) is 6.58 Å². The average molecular weight is 302 g/mol. The number of allylic oxidation sites excluding steroid dienone is 1. The van der Waals surface area contributed by atoms with Crippen molar-refractivity contribution >= 4 is 12.1 Å². The molecule has 22 heavy (non-hydrogen) atoms. The highest BCUT2D eigenvalue weighted by Crippen LogP contribution is 2.12. The zero-order chi connectivity index (χ0) is 16.0. The molecule has 0 fully saturated rings. The predicted octanol–water partition coefficient (Wildman–Crippen LogP) is 4.15. The van der Waals surface area contributed by atoms with Crippen molar-refractivity contribution in [3.05, 3.63) is 42.5 Å². The molecular formula is C18H26N2O2. The number of phenols is 1. The molecular weight excluding hydrogens is 276 g/mol. The maximum atomic E-state index is 11.6. The van der Waals surface area contributed by atoms with Crippen LogP contribution in [-0.4, -0.2) is 17.2 Å². The Kier molecular flexibility index (Phi) is 9.42. The lowest BCUT2D eigenvalue weighted by Crippen LogP contribution is -2.16. The number of nitrogens with zero attached hydrogens (tertiary/aromatic N) is 1. The van der Waals surface area contributed by atoms with E-state index in [4.69, 9.17) is 0 Å². The number of rotatable bonds is 11. The highest BCUT2D eigenvalue weighted by molar-refractivity contribution is 5.84. The predicted molar refractivity (Wildman–Crippen MR) is 91.0 cm³/mol. The van der Waals surface area contributed by atoms with Crippen molar-refractivity contribution < 1.29 is 9.90 Å². The molecule has 1 rings (SSSR count). The number of benzene rings is 1. The Labute approximate surface area is 132 Å². The van der Waals surface area contributed by atoms with E-state index >= 15 is 0 Å². The summed E-state index contributed by atoms with van der Waals surface area (Å²) < 4.78 is 0. The van der Waals surface area contributed by atoms with Crippen LogP contribution >= 0.6 is 0 Å². The van der Waals surface area contributed by atoms with Crippen LogP contribution in [0.15, 0.2) is 42.0 Å². The summed E-state index contributed by atoms with van der Waals surface area (Å²) >= 11 is 0. The highest BCUT2D eigenvalue weighted by Gasteiger charge is 2.00. The SMILES string of the molecule is C=CCCCCCCCCC(=O)NN=Cc1ccccc1O. The lowest BCUT2D eigenvalue weighted by molar-refractivity contribution is -0.121. The standard InChI is InChI=1S/C18H26N2O2/c1-2-3-4-5-6-7-8-9-14-18(22)20-19-15-16-12-10-11-13-17(16)21/h2,10-13,15,21H,1,3-9,14H2,(H,20,22). The van der Waals surface area contributed by atoms with Gasteiger partial charge in [0.25, 0.3) is 0 Å². The lowest BCUT2D eigenvalue weighted by Gasteiger charge is -2.01. The average Bonchev–Trinajstić information content (AvgIpc) is 2.52.